The predicted molar refractivity (Wildman–Crippen MR) is 120 cm³/mol. The molecule has 1 aromatic heterocycles. The maximum atomic E-state index is 13.2. The summed E-state index contributed by atoms with van der Waals surface area (Å²) < 4.78 is 6.76. The van der Waals surface area contributed by atoms with E-state index in [0.717, 1.165) is 5.56 Å². The van der Waals surface area contributed by atoms with Gasteiger partial charge in [0.2, 0.25) is 5.91 Å². The Morgan fingerprint density at radius 2 is 1.74 bits per heavy atom. The molecule has 0 atom stereocenters. The van der Waals surface area contributed by atoms with Gasteiger partial charge in [0, 0.05) is 25.4 Å². The summed E-state index contributed by atoms with van der Waals surface area (Å²) >= 11 is 0. The van der Waals surface area contributed by atoms with Gasteiger partial charge in [0.1, 0.15) is 11.3 Å². The Bertz CT molecular complexity index is 1170. The lowest BCUT2D eigenvalue weighted by Gasteiger charge is -2.15. The van der Waals surface area contributed by atoms with Crippen molar-refractivity contribution in [2.24, 2.45) is 0 Å². The van der Waals surface area contributed by atoms with Crippen LogP contribution in [-0.4, -0.2) is 30.5 Å². The van der Waals surface area contributed by atoms with E-state index in [2.05, 4.69) is 10.6 Å². The fourth-order valence-electron chi connectivity index (χ4n) is 3.34. The number of nitrogens with zero attached hydrogens (tertiary/aromatic N) is 1. The third-order valence-electron chi connectivity index (χ3n) is 5.04. The van der Waals surface area contributed by atoms with Gasteiger partial charge in [-0.15, -0.1) is 0 Å². The van der Waals surface area contributed by atoms with Gasteiger partial charge in [-0.1, -0.05) is 30.3 Å². The normalized spacial score (nSPS) is 10.4. The monoisotopic (exact) mass is 419 g/mol. The molecule has 0 spiro atoms. The molecule has 0 aliphatic carbocycles. The summed E-state index contributed by atoms with van der Waals surface area (Å²) in [5.41, 5.74) is 2.12. The van der Waals surface area contributed by atoms with Gasteiger partial charge in [-0.05, 0) is 48.7 Å². The van der Waals surface area contributed by atoms with Gasteiger partial charge in [0.05, 0.1) is 12.8 Å². The number of carbonyl (C=O) groups excluding carboxylic acids is 2. The van der Waals surface area contributed by atoms with Crippen LogP contribution in [0.2, 0.25) is 0 Å². The van der Waals surface area contributed by atoms with Gasteiger partial charge in [0.15, 0.2) is 0 Å². The number of benzene rings is 2. The van der Waals surface area contributed by atoms with E-state index in [-0.39, 0.29) is 11.5 Å². The number of rotatable bonds is 7. The SMILES string of the molecule is CNC(=O)CCc1ccccc1NC(=O)c1c(C)ccn(-c2ccccc2OC)c1=O. The average Bonchev–Trinajstić information content (AvgIpc) is 2.78. The molecule has 0 unspecified atom stereocenters. The number of anilines is 1. The Kier molecular flexibility index (Phi) is 6.87. The highest BCUT2D eigenvalue weighted by Crippen LogP contribution is 2.22. The van der Waals surface area contributed by atoms with Gasteiger partial charge in [-0.3, -0.25) is 19.0 Å². The van der Waals surface area contributed by atoms with Crippen molar-refractivity contribution in [3.05, 3.63) is 87.8 Å². The minimum atomic E-state index is -0.501. The molecular weight excluding hydrogens is 394 g/mol. The Balaban J connectivity index is 1.95. The van der Waals surface area contributed by atoms with E-state index in [1.54, 1.807) is 56.6 Å². The zero-order valence-electron chi connectivity index (χ0n) is 17.8. The summed E-state index contributed by atoms with van der Waals surface area (Å²) in [6, 6.07) is 16.1. The topological polar surface area (TPSA) is 89.4 Å². The molecule has 1 heterocycles. The quantitative estimate of drug-likeness (QED) is 0.616. The van der Waals surface area contributed by atoms with E-state index in [0.29, 0.717) is 35.5 Å². The molecule has 7 nitrogen and oxygen atoms in total. The molecule has 160 valence electrons. The molecule has 3 aromatic rings. The molecule has 0 saturated carbocycles. The van der Waals surface area contributed by atoms with Crippen molar-refractivity contribution in [1.82, 2.24) is 9.88 Å². The zero-order chi connectivity index (χ0) is 22.4. The number of pyridine rings is 1. The summed E-state index contributed by atoms with van der Waals surface area (Å²) in [7, 11) is 3.11. The van der Waals surface area contributed by atoms with Crippen LogP contribution in [0, 0.1) is 6.92 Å². The molecule has 0 saturated heterocycles. The summed E-state index contributed by atoms with van der Waals surface area (Å²) in [4.78, 5) is 37.9. The molecule has 31 heavy (non-hydrogen) atoms. The summed E-state index contributed by atoms with van der Waals surface area (Å²) in [5.74, 6) is -0.0572. The number of hydrogen-bond donors (Lipinski definition) is 2. The van der Waals surface area contributed by atoms with E-state index in [9.17, 15) is 14.4 Å². The van der Waals surface area contributed by atoms with E-state index in [1.807, 2.05) is 18.2 Å². The number of amides is 2. The Labute approximate surface area is 180 Å². The van der Waals surface area contributed by atoms with E-state index in [4.69, 9.17) is 4.74 Å². The molecule has 0 aliphatic rings. The molecular formula is C24H25N3O4. The molecule has 0 radical (unpaired) electrons. The average molecular weight is 419 g/mol. The molecule has 3 rings (SSSR count). The van der Waals surface area contributed by atoms with Gasteiger partial charge >= 0.3 is 0 Å². The highest BCUT2D eigenvalue weighted by atomic mass is 16.5. The first-order valence-corrected chi connectivity index (χ1v) is 9.91. The lowest BCUT2D eigenvalue weighted by atomic mass is 10.1. The zero-order valence-corrected chi connectivity index (χ0v) is 17.8. The number of nitrogens with one attached hydrogen (secondary N) is 2. The summed E-state index contributed by atoms with van der Waals surface area (Å²) in [5, 5.41) is 5.43. The summed E-state index contributed by atoms with van der Waals surface area (Å²) in [6.45, 7) is 1.72. The summed E-state index contributed by atoms with van der Waals surface area (Å²) in [6.07, 6.45) is 2.40. The Morgan fingerprint density at radius 3 is 2.48 bits per heavy atom. The number of ether oxygens (including phenoxy) is 1. The van der Waals surface area contributed by atoms with Crippen molar-refractivity contribution >= 4 is 17.5 Å². The highest BCUT2D eigenvalue weighted by molar-refractivity contribution is 6.05. The standard InChI is InChI=1S/C24H25N3O4/c1-16-14-15-27(19-10-6-7-11-20(19)31-3)24(30)22(16)23(29)26-18-9-5-4-8-17(18)12-13-21(28)25-2/h4-11,14-15H,12-13H2,1-3H3,(H,25,28)(H,26,29). The molecule has 2 amide bonds. The van der Waals surface area contributed by atoms with E-state index in [1.165, 1.54) is 11.7 Å². The van der Waals surface area contributed by atoms with E-state index >= 15 is 0 Å². The minimum absolute atomic E-state index is 0.0505. The first kappa shape index (κ1) is 21.8. The molecule has 0 aliphatic heterocycles. The van der Waals surface area contributed by atoms with Crippen molar-refractivity contribution in [2.75, 3.05) is 19.5 Å². The number of aromatic nitrogens is 1. The van der Waals surface area contributed by atoms with Crippen LogP contribution in [0.1, 0.15) is 27.9 Å². The van der Waals surface area contributed by atoms with Crippen LogP contribution >= 0.6 is 0 Å². The third kappa shape index (κ3) is 4.83. The predicted octanol–water partition coefficient (Wildman–Crippen LogP) is 3.09. The second kappa shape index (κ2) is 9.75. The fourth-order valence-corrected chi connectivity index (χ4v) is 3.34. The van der Waals surface area contributed by atoms with Crippen molar-refractivity contribution in [1.29, 1.82) is 0 Å². The number of methoxy groups -OCH3 is 1. The van der Waals surface area contributed by atoms with Crippen LogP contribution in [0.15, 0.2) is 65.6 Å². The van der Waals surface area contributed by atoms with Crippen LogP contribution in [0.25, 0.3) is 5.69 Å². The smallest absolute Gasteiger partial charge is 0.268 e. The van der Waals surface area contributed by atoms with Gasteiger partial charge in [0.25, 0.3) is 11.5 Å². The van der Waals surface area contributed by atoms with Crippen molar-refractivity contribution in [3.8, 4) is 11.4 Å². The number of para-hydroxylation sites is 3. The van der Waals surface area contributed by atoms with Crippen LogP contribution in [0.4, 0.5) is 5.69 Å². The molecule has 0 bridgehead atoms. The van der Waals surface area contributed by atoms with Crippen LogP contribution in [0.3, 0.4) is 0 Å². The number of hydrogen-bond acceptors (Lipinski definition) is 4. The van der Waals surface area contributed by atoms with Crippen molar-refractivity contribution in [2.45, 2.75) is 19.8 Å². The molecule has 0 fully saturated rings. The van der Waals surface area contributed by atoms with Crippen molar-refractivity contribution < 1.29 is 14.3 Å². The maximum absolute atomic E-state index is 13.2. The first-order chi connectivity index (χ1) is 15.0. The van der Waals surface area contributed by atoms with Gasteiger partial charge in [-0.25, -0.2) is 0 Å². The largest absolute Gasteiger partial charge is 0.495 e. The van der Waals surface area contributed by atoms with E-state index < -0.39 is 11.5 Å². The minimum Gasteiger partial charge on any atom is -0.495 e. The molecule has 2 aromatic carbocycles. The Hall–Kier alpha value is -3.87. The second-order valence-corrected chi connectivity index (χ2v) is 7.01. The van der Waals surface area contributed by atoms with Crippen LogP contribution in [0.5, 0.6) is 5.75 Å². The van der Waals surface area contributed by atoms with Crippen LogP contribution in [-0.2, 0) is 11.2 Å². The van der Waals surface area contributed by atoms with Gasteiger partial charge in [-0.2, -0.15) is 0 Å². The fraction of sp³-hybridized carbons (Fsp3) is 0.208. The third-order valence-corrected chi connectivity index (χ3v) is 5.04. The highest BCUT2D eigenvalue weighted by Gasteiger charge is 2.19. The maximum Gasteiger partial charge on any atom is 0.268 e. The lowest BCUT2D eigenvalue weighted by molar-refractivity contribution is -0.120. The second-order valence-electron chi connectivity index (χ2n) is 7.01. The molecule has 7 heteroatoms. The van der Waals surface area contributed by atoms with Gasteiger partial charge < -0.3 is 15.4 Å². The molecule has 2 N–H and O–H groups in total. The number of aryl methyl sites for hydroxylation is 2. The van der Waals surface area contributed by atoms with Crippen molar-refractivity contribution in [3.63, 3.8) is 0 Å². The lowest BCUT2D eigenvalue weighted by Crippen LogP contribution is -2.29. The number of carbonyl (C=O) groups is 2. The Morgan fingerprint density at radius 1 is 1.03 bits per heavy atom. The first-order valence-electron chi connectivity index (χ1n) is 9.91. The van der Waals surface area contributed by atoms with Crippen LogP contribution < -0.4 is 20.9 Å².